The lowest BCUT2D eigenvalue weighted by Crippen LogP contribution is -1.93. The molecule has 0 spiro atoms. The van der Waals surface area contributed by atoms with Crippen LogP contribution in [0.15, 0.2) is 66.7 Å². The standard InChI is InChI=1S/C24H18N2O4/c1-2-14-6-11-22(29-15-7-9-20(27)18(25)12-15)17-4-3-5-23(24(14)17)30-16-8-10-21(28)19(26)13-16/h1,3-13,27-28H,25-26H2. The van der Waals surface area contributed by atoms with Crippen LogP contribution in [-0.2, 0) is 0 Å². The van der Waals surface area contributed by atoms with Gasteiger partial charge in [0.25, 0.3) is 0 Å². The zero-order valence-electron chi connectivity index (χ0n) is 15.8. The van der Waals surface area contributed by atoms with E-state index < -0.39 is 0 Å². The maximum atomic E-state index is 9.63. The predicted molar refractivity (Wildman–Crippen MR) is 117 cm³/mol. The molecule has 6 nitrogen and oxygen atoms in total. The van der Waals surface area contributed by atoms with Gasteiger partial charge in [0, 0.05) is 28.5 Å². The highest BCUT2D eigenvalue weighted by atomic mass is 16.5. The summed E-state index contributed by atoms with van der Waals surface area (Å²) >= 11 is 0. The molecule has 30 heavy (non-hydrogen) atoms. The first kappa shape index (κ1) is 18.8. The van der Waals surface area contributed by atoms with E-state index in [1.165, 1.54) is 24.3 Å². The monoisotopic (exact) mass is 398 g/mol. The summed E-state index contributed by atoms with van der Waals surface area (Å²) < 4.78 is 12.0. The van der Waals surface area contributed by atoms with Crippen molar-refractivity contribution in [3.63, 3.8) is 0 Å². The number of rotatable bonds is 4. The summed E-state index contributed by atoms with van der Waals surface area (Å²) in [5.74, 6) is 4.62. The van der Waals surface area contributed by atoms with Gasteiger partial charge in [0.15, 0.2) is 0 Å². The smallest absolute Gasteiger partial charge is 0.138 e. The van der Waals surface area contributed by atoms with Gasteiger partial charge in [0.05, 0.1) is 11.4 Å². The summed E-state index contributed by atoms with van der Waals surface area (Å²) in [5.41, 5.74) is 12.6. The largest absolute Gasteiger partial charge is 0.506 e. The Hall–Kier alpha value is -4.50. The first-order valence-corrected chi connectivity index (χ1v) is 9.01. The molecule has 0 aliphatic rings. The number of benzene rings is 4. The minimum Gasteiger partial charge on any atom is -0.506 e. The van der Waals surface area contributed by atoms with Gasteiger partial charge in [-0.2, -0.15) is 0 Å². The number of phenols is 2. The van der Waals surface area contributed by atoms with Crippen LogP contribution in [0.3, 0.4) is 0 Å². The number of terminal acetylenes is 1. The minimum atomic E-state index is -0.0200. The van der Waals surface area contributed by atoms with Crippen molar-refractivity contribution in [2.45, 2.75) is 0 Å². The van der Waals surface area contributed by atoms with Crippen LogP contribution < -0.4 is 20.9 Å². The van der Waals surface area contributed by atoms with Crippen LogP contribution in [0.25, 0.3) is 10.8 Å². The summed E-state index contributed by atoms with van der Waals surface area (Å²) in [5, 5.41) is 20.7. The quantitative estimate of drug-likeness (QED) is 0.219. The van der Waals surface area contributed by atoms with Crippen LogP contribution in [0.1, 0.15) is 5.56 Å². The fraction of sp³-hybridized carbons (Fsp3) is 0. The van der Waals surface area contributed by atoms with Crippen LogP contribution in [0.2, 0.25) is 0 Å². The Labute approximate surface area is 172 Å². The average molecular weight is 398 g/mol. The number of anilines is 2. The molecule has 4 aromatic rings. The molecule has 4 aromatic carbocycles. The zero-order valence-corrected chi connectivity index (χ0v) is 15.8. The molecule has 0 amide bonds. The van der Waals surface area contributed by atoms with Crippen LogP contribution >= 0.6 is 0 Å². The third kappa shape index (κ3) is 3.48. The van der Waals surface area contributed by atoms with Crippen molar-refractivity contribution in [2.24, 2.45) is 0 Å². The van der Waals surface area contributed by atoms with Gasteiger partial charge in [-0.05, 0) is 42.5 Å². The van der Waals surface area contributed by atoms with E-state index in [1.807, 2.05) is 12.1 Å². The summed E-state index contributed by atoms with van der Waals surface area (Å²) in [4.78, 5) is 0. The van der Waals surface area contributed by atoms with Crippen molar-refractivity contribution in [3.05, 3.63) is 72.3 Å². The second-order valence-electron chi connectivity index (χ2n) is 6.58. The molecule has 0 bridgehead atoms. The van der Waals surface area contributed by atoms with Crippen molar-refractivity contribution >= 4 is 22.1 Å². The fourth-order valence-corrected chi connectivity index (χ4v) is 3.09. The summed E-state index contributed by atoms with van der Waals surface area (Å²) in [6.07, 6.45) is 5.72. The number of hydrogen-bond donors (Lipinski definition) is 4. The summed E-state index contributed by atoms with van der Waals surface area (Å²) in [6, 6.07) is 18.2. The zero-order chi connectivity index (χ0) is 21.3. The molecule has 0 saturated heterocycles. The predicted octanol–water partition coefficient (Wildman–Crippen LogP) is 4.98. The lowest BCUT2D eigenvalue weighted by Gasteiger charge is -2.15. The highest BCUT2D eigenvalue weighted by Crippen LogP contribution is 2.40. The average Bonchev–Trinajstić information content (AvgIpc) is 2.74. The Kier molecular flexibility index (Phi) is 4.71. The first-order chi connectivity index (χ1) is 14.5. The SMILES string of the molecule is C#Cc1ccc(Oc2ccc(O)c(N)c2)c2cccc(Oc3ccc(O)c(N)c3)c12. The molecular weight excluding hydrogens is 380 g/mol. The van der Waals surface area contributed by atoms with Gasteiger partial charge in [-0.15, -0.1) is 6.42 Å². The summed E-state index contributed by atoms with van der Waals surface area (Å²) in [6.45, 7) is 0. The van der Waals surface area contributed by atoms with Crippen molar-refractivity contribution in [2.75, 3.05) is 11.5 Å². The van der Waals surface area contributed by atoms with Gasteiger partial charge >= 0.3 is 0 Å². The molecule has 0 fully saturated rings. The third-order valence-electron chi connectivity index (χ3n) is 4.57. The molecule has 0 heterocycles. The minimum absolute atomic E-state index is 0.0151. The molecule has 0 atom stereocenters. The van der Waals surface area contributed by atoms with Crippen LogP contribution in [0, 0.1) is 12.3 Å². The maximum Gasteiger partial charge on any atom is 0.138 e. The van der Waals surface area contributed by atoms with Gasteiger partial charge in [0.1, 0.15) is 34.5 Å². The van der Waals surface area contributed by atoms with E-state index in [4.69, 9.17) is 27.4 Å². The topological polar surface area (TPSA) is 111 Å². The number of nitrogen functional groups attached to an aromatic ring is 2. The van der Waals surface area contributed by atoms with Crippen molar-refractivity contribution < 1.29 is 19.7 Å². The van der Waals surface area contributed by atoms with Gasteiger partial charge in [-0.1, -0.05) is 18.1 Å². The molecule has 6 N–H and O–H groups in total. The Morgan fingerprint density at radius 3 is 1.90 bits per heavy atom. The van der Waals surface area contributed by atoms with Crippen molar-refractivity contribution in [3.8, 4) is 46.8 Å². The fourth-order valence-electron chi connectivity index (χ4n) is 3.09. The van der Waals surface area contributed by atoms with E-state index in [0.717, 1.165) is 5.39 Å². The maximum absolute atomic E-state index is 9.63. The highest BCUT2D eigenvalue weighted by molar-refractivity contribution is 5.98. The molecule has 4 rings (SSSR count). The molecular formula is C24H18N2O4. The van der Waals surface area contributed by atoms with Crippen LogP contribution in [0.4, 0.5) is 11.4 Å². The van der Waals surface area contributed by atoms with E-state index in [1.54, 1.807) is 30.3 Å². The molecule has 0 unspecified atom stereocenters. The molecule has 6 heteroatoms. The summed E-state index contributed by atoms with van der Waals surface area (Å²) in [7, 11) is 0. The Bertz CT molecular complexity index is 1310. The van der Waals surface area contributed by atoms with E-state index in [9.17, 15) is 10.2 Å². The number of ether oxygens (including phenoxy) is 2. The van der Waals surface area contributed by atoms with E-state index >= 15 is 0 Å². The number of fused-ring (bicyclic) bond motifs is 1. The second kappa shape index (κ2) is 7.49. The first-order valence-electron chi connectivity index (χ1n) is 9.01. The molecule has 0 aliphatic carbocycles. The number of nitrogens with two attached hydrogens (primary N) is 2. The number of phenolic OH excluding ortho intramolecular Hbond substituents is 2. The highest BCUT2D eigenvalue weighted by Gasteiger charge is 2.13. The molecule has 0 saturated carbocycles. The van der Waals surface area contributed by atoms with Crippen LogP contribution in [0.5, 0.6) is 34.5 Å². The van der Waals surface area contributed by atoms with Gasteiger partial charge in [-0.25, -0.2) is 0 Å². The second-order valence-corrected chi connectivity index (χ2v) is 6.58. The van der Waals surface area contributed by atoms with Crippen molar-refractivity contribution in [1.82, 2.24) is 0 Å². The van der Waals surface area contributed by atoms with Gasteiger partial charge in [0.2, 0.25) is 0 Å². The van der Waals surface area contributed by atoms with E-state index in [2.05, 4.69) is 5.92 Å². The van der Waals surface area contributed by atoms with E-state index in [0.29, 0.717) is 33.9 Å². The Balaban J connectivity index is 1.81. The third-order valence-corrected chi connectivity index (χ3v) is 4.57. The van der Waals surface area contributed by atoms with Gasteiger partial charge in [-0.3, -0.25) is 0 Å². The lowest BCUT2D eigenvalue weighted by molar-refractivity contribution is 0.467. The number of hydrogen-bond acceptors (Lipinski definition) is 6. The molecule has 148 valence electrons. The normalized spacial score (nSPS) is 10.5. The van der Waals surface area contributed by atoms with Gasteiger partial charge < -0.3 is 31.2 Å². The molecule has 0 radical (unpaired) electrons. The lowest BCUT2D eigenvalue weighted by atomic mass is 10.0. The molecule has 0 aliphatic heterocycles. The van der Waals surface area contributed by atoms with E-state index in [-0.39, 0.29) is 22.9 Å². The molecule has 0 aromatic heterocycles. The Morgan fingerprint density at radius 1 is 0.733 bits per heavy atom. The van der Waals surface area contributed by atoms with Crippen molar-refractivity contribution in [1.29, 1.82) is 0 Å². The van der Waals surface area contributed by atoms with Crippen LogP contribution in [-0.4, -0.2) is 10.2 Å². The Morgan fingerprint density at radius 2 is 1.33 bits per heavy atom. The number of aromatic hydroxyl groups is 2.